The normalized spacial score (nSPS) is 20.6. The second kappa shape index (κ2) is 9.88. The Balaban J connectivity index is 1.54. The first-order valence-electron chi connectivity index (χ1n) is 13.0. The number of para-hydroxylation sites is 1. The van der Waals surface area contributed by atoms with E-state index in [0.29, 0.717) is 11.4 Å². The van der Waals surface area contributed by atoms with Crippen LogP contribution < -0.4 is 10.2 Å². The molecule has 2 amide bonds. The van der Waals surface area contributed by atoms with Crippen LogP contribution in [0, 0.1) is 5.82 Å². The minimum Gasteiger partial charge on any atom is -0.351 e. The van der Waals surface area contributed by atoms with Crippen LogP contribution in [-0.2, 0) is 17.8 Å². The van der Waals surface area contributed by atoms with Crippen LogP contribution in [0.3, 0.4) is 0 Å². The number of rotatable bonds is 5. The predicted molar refractivity (Wildman–Crippen MR) is 138 cm³/mol. The van der Waals surface area contributed by atoms with Crippen molar-refractivity contribution in [3.8, 4) is 11.3 Å². The van der Waals surface area contributed by atoms with Gasteiger partial charge >= 0.3 is 0 Å². The molecule has 7 heteroatoms. The van der Waals surface area contributed by atoms with Crippen molar-refractivity contribution in [2.24, 2.45) is 0 Å². The Morgan fingerprint density at radius 2 is 1.78 bits per heavy atom. The highest BCUT2D eigenvalue weighted by atomic mass is 19.1. The predicted octanol–water partition coefficient (Wildman–Crippen LogP) is 5.51. The van der Waals surface area contributed by atoms with E-state index in [2.05, 4.69) is 12.2 Å². The third-order valence-corrected chi connectivity index (χ3v) is 7.58. The van der Waals surface area contributed by atoms with Crippen LogP contribution >= 0.6 is 0 Å². The van der Waals surface area contributed by atoms with Gasteiger partial charge in [-0.25, -0.2) is 4.39 Å². The van der Waals surface area contributed by atoms with Crippen molar-refractivity contribution >= 4 is 17.5 Å². The number of aryl methyl sites for hydroxylation is 1. The Hall–Kier alpha value is -3.48. The second-order valence-electron chi connectivity index (χ2n) is 10.2. The van der Waals surface area contributed by atoms with Crippen molar-refractivity contribution in [1.29, 1.82) is 0 Å². The summed E-state index contributed by atoms with van der Waals surface area (Å²) in [6.45, 7) is 3.94. The molecule has 0 radical (unpaired) electrons. The topological polar surface area (TPSA) is 67.2 Å². The van der Waals surface area contributed by atoms with Crippen LogP contribution in [-0.4, -0.2) is 33.2 Å². The van der Waals surface area contributed by atoms with Gasteiger partial charge in [0.05, 0.1) is 17.9 Å². The first kappa shape index (κ1) is 24.2. The smallest absolute Gasteiger partial charge is 0.277 e. The van der Waals surface area contributed by atoms with E-state index in [-0.39, 0.29) is 24.2 Å². The Morgan fingerprint density at radius 1 is 1.08 bits per heavy atom. The van der Waals surface area contributed by atoms with Gasteiger partial charge in [-0.15, -0.1) is 0 Å². The minimum atomic E-state index is -1.34. The summed E-state index contributed by atoms with van der Waals surface area (Å²) >= 11 is 0. The van der Waals surface area contributed by atoms with Crippen LogP contribution in [0.5, 0.6) is 0 Å². The van der Waals surface area contributed by atoms with Gasteiger partial charge in [0, 0.05) is 11.6 Å². The van der Waals surface area contributed by atoms with Gasteiger partial charge in [0.2, 0.25) is 5.91 Å². The number of aromatic nitrogens is 2. The highest BCUT2D eigenvalue weighted by Gasteiger charge is 2.50. The van der Waals surface area contributed by atoms with Crippen LogP contribution in [0.15, 0.2) is 54.6 Å². The number of amides is 2. The molecule has 2 aliphatic rings. The fourth-order valence-electron chi connectivity index (χ4n) is 5.41. The number of benzene rings is 2. The quantitative estimate of drug-likeness (QED) is 0.482. The highest BCUT2D eigenvalue weighted by Crippen LogP contribution is 2.36. The molecular formula is C29H33FN4O2. The van der Waals surface area contributed by atoms with E-state index in [0.717, 1.165) is 37.7 Å². The molecule has 36 heavy (non-hydrogen) atoms. The van der Waals surface area contributed by atoms with Gasteiger partial charge in [-0.3, -0.25) is 19.2 Å². The van der Waals surface area contributed by atoms with E-state index in [9.17, 15) is 9.59 Å². The van der Waals surface area contributed by atoms with Crippen LogP contribution in [0.1, 0.15) is 68.4 Å². The first-order valence-corrected chi connectivity index (χ1v) is 13.0. The lowest BCUT2D eigenvalue weighted by Gasteiger charge is -2.43. The molecule has 0 bridgehead atoms. The summed E-state index contributed by atoms with van der Waals surface area (Å²) in [5.41, 5.74) is 1.86. The van der Waals surface area contributed by atoms with Crippen molar-refractivity contribution in [3.05, 3.63) is 71.7 Å². The third kappa shape index (κ3) is 4.43. The first-order chi connectivity index (χ1) is 17.4. The zero-order valence-corrected chi connectivity index (χ0v) is 21.0. The summed E-state index contributed by atoms with van der Waals surface area (Å²) in [7, 11) is 0. The molecule has 188 valence electrons. The summed E-state index contributed by atoms with van der Waals surface area (Å²) < 4.78 is 16.6. The Labute approximate surface area is 211 Å². The number of fused-ring (bicyclic) bond motifs is 1. The number of carbonyl (C=O) groups is 2. The molecule has 6 nitrogen and oxygen atoms in total. The van der Waals surface area contributed by atoms with Gasteiger partial charge in [0.1, 0.15) is 17.1 Å². The third-order valence-electron chi connectivity index (χ3n) is 7.58. The van der Waals surface area contributed by atoms with Crippen molar-refractivity contribution in [2.45, 2.75) is 76.9 Å². The van der Waals surface area contributed by atoms with Crippen LogP contribution in [0.4, 0.5) is 10.1 Å². The van der Waals surface area contributed by atoms with E-state index in [1.807, 2.05) is 24.3 Å². The number of nitrogens with zero attached hydrogens (tertiary/aromatic N) is 3. The average molecular weight is 489 g/mol. The fraction of sp³-hybridized carbons (Fsp3) is 0.414. The summed E-state index contributed by atoms with van der Waals surface area (Å²) in [5, 5.41) is 7.91. The van der Waals surface area contributed by atoms with E-state index < -0.39 is 17.3 Å². The maximum atomic E-state index is 15.0. The molecule has 1 fully saturated rings. The zero-order valence-electron chi connectivity index (χ0n) is 21.0. The average Bonchev–Trinajstić information content (AvgIpc) is 3.13. The van der Waals surface area contributed by atoms with Gasteiger partial charge in [-0.2, -0.15) is 5.10 Å². The number of halogens is 1. The zero-order chi connectivity index (χ0) is 25.3. The molecule has 1 aromatic heterocycles. The second-order valence-corrected chi connectivity index (χ2v) is 10.2. The molecule has 1 N–H and O–H groups in total. The van der Waals surface area contributed by atoms with Crippen molar-refractivity contribution in [3.63, 3.8) is 0 Å². The van der Waals surface area contributed by atoms with E-state index in [1.54, 1.807) is 35.9 Å². The molecule has 1 saturated carbocycles. The Kier molecular flexibility index (Phi) is 6.65. The fourth-order valence-corrected chi connectivity index (χ4v) is 5.41. The molecule has 0 spiro atoms. The number of anilines is 1. The monoisotopic (exact) mass is 488 g/mol. The summed E-state index contributed by atoms with van der Waals surface area (Å²) in [4.78, 5) is 29.1. The lowest BCUT2D eigenvalue weighted by atomic mass is 9.93. The maximum absolute atomic E-state index is 15.0. The SMILES string of the molecule is CCc1ccc(-c2cc3n(n2)CC(C)(C(=O)NC2CCCCCC2)N(c2ccccc2F)C3=O)cc1. The minimum absolute atomic E-state index is 0.0565. The van der Waals surface area contributed by atoms with Gasteiger partial charge in [-0.1, -0.05) is 69.0 Å². The van der Waals surface area contributed by atoms with Crippen molar-refractivity contribution < 1.29 is 14.0 Å². The molecule has 5 rings (SSSR count). The van der Waals surface area contributed by atoms with Crippen molar-refractivity contribution in [1.82, 2.24) is 15.1 Å². The largest absolute Gasteiger partial charge is 0.351 e. The molecule has 2 heterocycles. The lowest BCUT2D eigenvalue weighted by Crippen LogP contribution is -2.65. The number of nitrogens with one attached hydrogen (secondary N) is 1. The van der Waals surface area contributed by atoms with Crippen LogP contribution in [0.25, 0.3) is 11.3 Å². The lowest BCUT2D eigenvalue weighted by molar-refractivity contribution is -0.127. The van der Waals surface area contributed by atoms with Crippen molar-refractivity contribution in [2.75, 3.05) is 4.90 Å². The summed E-state index contributed by atoms with van der Waals surface area (Å²) in [6.07, 6.45) is 7.25. The van der Waals surface area contributed by atoms with E-state index in [4.69, 9.17) is 5.10 Å². The molecule has 1 aliphatic carbocycles. The van der Waals surface area contributed by atoms with Gasteiger partial charge < -0.3 is 5.32 Å². The van der Waals surface area contributed by atoms with Crippen LogP contribution in [0.2, 0.25) is 0 Å². The highest BCUT2D eigenvalue weighted by molar-refractivity contribution is 6.12. The van der Waals surface area contributed by atoms with E-state index >= 15 is 4.39 Å². The number of carbonyl (C=O) groups excluding carboxylic acids is 2. The molecule has 1 atom stereocenters. The van der Waals surface area contributed by atoms with Gasteiger partial charge in [0.25, 0.3) is 5.91 Å². The molecule has 3 aromatic rings. The van der Waals surface area contributed by atoms with Gasteiger partial charge in [-0.05, 0) is 49.9 Å². The molecule has 0 saturated heterocycles. The van der Waals surface area contributed by atoms with E-state index in [1.165, 1.54) is 29.4 Å². The molecular weight excluding hydrogens is 455 g/mol. The molecule has 1 unspecified atom stereocenters. The summed E-state index contributed by atoms with van der Waals surface area (Å²) in [5.74, 6) is -1.25. The standard InChI is InChI=1S/C29H33FN4O2/c1-3-20-14-16-21(17-15-20)24-18-26-27(35)34(25-13-9-8-12-23(25)30)29(2,19-33(26)32-24)28(36)31-22-10-6-4-5-7-11-22/h8-9,12-18,22H,3-7,10-11,19H2,1-2H3,(H,31,36). The molecule has 1 aliphatic heterocycles. The molecule has 2 aromatic carbocycles. The maximum Gasteiger partial charge on any atom is 0.277 e. The van der Waals surface area contributed by atoms with Gasteiger partial charge in [0.15, 0.2) is 0 Å². The Morgan fingerprint density at radius 3 is 2.44 bits per heavy atom. The number of hydrogen-bond acceptors (Lipinski definition) is 3. The summed E-state index contributed by atoms with van der Waals surface area (Å²) in [6, 6.07) is 16.0. The Bertz CT molecular complexity index is 1260. The number of hydrogen-bond donors (Lipinski definition) is 1.